The van der Waals surface area contributed by atoms with Crippen LogP contribution in [0.15, 0.2) is 24.3 Å². The first-order valence-corrected chi connectivity index (χ1v) is 14.1. The molecular formula is C29H45N3O8. The van der Waals surface area contributed by atoms with Crippen LogP contribution in [0.5, 0.6) is 5.75 Å². The van der Waals surface area contributed by atoms with Crippen LogP contribution in [0.2, 0.25) is 0 Å². The van der Waals surface area contributed by atoms with Crippen LogP contribution in [0.25, 0.3) is 0 Å². The van der Waals surface area contributed by atoms with E-state index in [0.29, 0.717) is 51.0 Å². The summed E-state index contributed by atoms with van der Waals surface area (Å²) in [5.74, 6) is -2.73. The number of carboxylic acids is 2. The normalized spacial score (nSPS) is 12.2. The Balaban J connectivity index is 2.06. The molecule has 0 fully saturated rings. The summed E-state index contributed by atoms with van der Waals surface area (Å²) in [5, 5.41) is 23.1. The average molecular weight is 564 g/mol. The second-order valence-electron chi connectivity index (χ2n) is 10.0. The summed E-state index contributed by atoms with van der Waals surface area (Å²) in [6, 6.07) is 5.44. The highest BCUT2D eigenvalue weighted by molar-refractivity contribution is 5.88. The van der Waals surface area contributed by atoms with Gasteiger partial charge >= 0.3 is 11.9 Å². The molecule has 40 heavy (non-hydrogen) atoms. The van der Waals surface area contributed by atoms with Gasteiger partial charge in [0.05, 0.1) is 18.1 Å². The summed E-state index contributed by atoms with van der Waals surface area (Å²) >= 11 is 0. The standard InChI is InChI=1S/C29H45N3O8/c1-21(28(36)37)11-8-9-19-31-25(33)18-17-24(27(30)35)32-26(34)12-7-5-3-2-4-6-10-20-40-23-15-13-22(14-16-23)29(38)39/h13-16,21,24H,2-12,17-20H2,1H3,(H2,30,35)(H,31,33)(H,32,34)(H,36,37)(H,38,39)/t21-,24-/m0/s1. The molecule has 2 atom stereocenters. The van der Waals surface area contributed by atoms with E-state index >= 15 is 0 Å². The quantitative estimate of drug-likeness (QED) is 0.125. The molecule has 1 aromatic rings. The maximum Gasteiger partial charge on any atom is 0.335 e. The lowest BCUT2D eigenvalue weighted by molar-refractivity contribution is -0.141. The number of nitrogens with two attached hydrogens (primary N) is 1. The number of ether oxygens (including phenoxy) is 1. The minimum atomic E-state index is -0.964. The lowest BCUT2D eigenvalue weighted by Gasteiger charge is -2.15. The van der Waals surface area contributed by atoms with Gasteiger partial charge in [-0.2, -0.15) is 0 Å². The molecule has 3 amide bonds. The Bertz CT molecular complexity index is 936. The van der Waals surface area contributed by atoms with Crippen molar-refractivity contribution in [1.29, 1.82) is 0 Å². The van der Waals surface area contributed by atoms with Gasteiger partial charge in [-0.3, -0.25) is 19.2 Å². The summed E-state index contributed by atoms with van der Waals surface area (Å²) < 4.78 is 5.62. The minimum absolute atomic E-state index is 0.0570. The van der Waals surface area contributed by atoms with Crippen molar-refractivity contribution in [2.24, 2.45) is 11.7 Å². The van der Waals surface area contributed by atoms with Gasteiger partial charge in [-0.05, 0) is 56.4 Å². The molecule has 0 saturated carbocycles. The number of primary amides is 1. The number of carbonyl (C=O) groups excluding carboxylic acids is 3. The first kappa shape index (κ1) is 34.4. The molecule has 0 heterocycles. The van der Waals surface area contributed by atoms with Gasteiger partial charge < -0.3 is 31.3 Å². The largest absolute Gasteiger partial charge is 0.494 e. The molecule has 6 N–H and O–H groups in total. The SMILES string of the molecule is C[C@@H](CCCCNC(=O)CC[C@H](NC(=O)CCCCCCCCCOc1ccc(C(=O)O)cc1)C(N)=O)C(=O)O. The number of benzene rings is 1. The van der Waals surface area contributed by atoms with Gasteiger partial charge in [0.1, 0.15) is 11.8 Å². The molecule has 0 unspecified atom stereocenters. The van der Waals surface area contributed by atoms with E-state index in [4.69, 9.17) is 20.7 Å². The van der Waals surface area contributed by atoms with Gasteiger partial charge in [0, 0.05) is 19.4 Å². The van der Waals surface area contributed by atoms with Crippen LogP contribution in [-0.2, 0) is 19.2 Å². The Hall–Kier alpha value is -3.63. The number of aromatic carboxylic acids is 1. The second-order valence-corrected chi connectivity index (χ2v) is 10.0. The fourth-order valence-electron chi connectivity index (χ4n) is 4.00. The number of hydrogen-bond acceptors (Lipinski definition) is 6. The smallest absolute Gasteiger partial charge is 0.335 e. The van der Waals surface area contributed by atoms with Gasteiger partial charge in [-0.25, -0.2) is 4.79 Å². The number of unbranched alkanes of at least 4 members (excludes halogenated alkanes) is 7. The molecule has 0 aliphatic rings. The van der Waals surface area contributed by atoms with E-state index in [2.05, 4.69) is 10.6 Å². The Labute approximate surface area is 236 Å². The van der Waals surface area contributed by atoms with Crippen LogP contribution in [0, 0.1) is 5.92 Å². The monoisotopic (exact) mass is 563 g/mol. The summed E-state index contributed by atoms with van der Waals surface area (Å²) in [6.07, 6.45) is 9.01. The van der Waals surface area contributed by atoms with Gasteiger partial charge in [0.2, 0.25) is 17.7 Å². The molecule has 11 heteroatoms. The van der Waals surface area contributed by atoms with Gasteiger partial charge in [0.25, 0.3) is 0 Å². The van der Waals surface area contributed by atoms with Gasteiger partial charge in [0.15, 0.2) is 0 Å². The van der Waals surface area contributed by atoms with Crippen LogP contribution in [0.3, 0.4) is 0 Å². The number of aliphatic carboxylic acids is 1. The molecule has 1 aromatic carbocycles. The van der Waals surface area contributed by atoms with E-state index in [9.17, 15) is 24.0 Å². The number of carboxylic acid groups (broad SMARTS) is 2. The molecule has 0 radical (unpaired) electrons. The summed E-state index contributed by atoms with van der Waals surface area (Å²) in [6.45, 7) is 2.65. The molecule has 224 valence electrons. The Morgan fingerprint density at radius 2 is 1.43 bits per heavy atom. The third kappa shape index (κ3) is 16.4. The number of rotatable bonds is 23. The molecular weight excluding hydrogens is 518 g/mol. The highest BCUT2D eigenvalue weighted by atomic mass is 16.5. The van der Waals surface area contributed by atoms with E-state index in [1.54, 1.807) is 19.1 Å². The zero-order valence-electron chi connectivity index (χ0n) is 23.5. The molecule has 0 aromatic heterocycles. The fourth-order valence-corrected chi connectivity index (χ4v) is 4.00. The highest BCUT2D eigenvalue weighted by Crippen LogP contribution is 2.14. The van der Waals surface area contributed by atoms with Crippen molar-refractivity contribution in [3.05, 3.63) is 29.8 Å². The molecule has 0 bridgehead atoms. The predicted octanol–water partition coefficient (Wildman–Crippen LogP) is 3.64. The van der Waals surface area contributed by atoms with Crippen molar-refractivity contribution in [2.75, 3.05) is 13.2 Å². The predicted molar refractivity (Wildman–Crippen MR) is 150 cm³/mol. The van der Waals surface area contributed by atoms with Crippen molar-refractivity contribution in [3.63, 3.8) is 0 Å². The maximum absolute atomic E-state index is 12.2. The van der Waals surface area contributed by atoms with Gasteiger partial charge in [-0.15, -0.1) is 0 Å². The van der Waals surface area contributed by atoms with Crippen molar-refractivity contribution >= 4 is 29.7 Å². The first-order chi connectivity index (χ1) is 19.1. The lowest BCUT2D eigenvalue weighted by Crippen LogP contribution is -2.45. The third-order valence-corrected chi connectivity index (χ3v) is 6.56. The van der Waals surface area contributed by atoms with Crippen LogP contribution in [0.4, 0.5) is 0 Å². The topological polar surface area (TPSA) is 185 Å². The number of amides is 3. The van der Waals surface area contributed by atoms with Crippen molar-refractivity contribution in [3.8, 4) is 5.75 Å². The van der Waals surface area contributed by atoms with Crippen molar-refractivity contribution in [1.82, 2.24) is 10.6 Å². The Kier molecular flexibility index (Phi) is 17.5. The zero-order valence-corrected chi connectivity index (χ0v) is 23.5. The molecule has 11 nitrogen and oxygen atoms in total. The molecule has 0 aliphatic heterocycles. The molecule has 0 spiro atoms. The molecule has 1 rings (SSSR count). The molecule has 0 aliphatic carbocycles. The van der Waals surface area contributed by atoms with E-state index in [1.165, 1.54) is 12.1 Å². The Morgan fingerprint density at radius 3 is 2.02 bits per heavy atom. The number of carbonyl (C=O) groups is 5. The van der Waals surface area contributed by atoms with Crippen molar-refractivity contribution in [2.45, 2.75) is 96.4 Å². The number of nitrogens with one attached hydrogen (secondary N) is 2. The van der Waals surface area contributed by atoms with Gasteiger partial charge in [-0.1, -0.05) is 45.4 Å². The summed E-state index contributed by atoms with van der Waals surface area (Å²) in [7, 11) is 0. The van der Waals surface area contributed by atoms with E-state index in [0.717, 1.165) is 38.5 Å². The average Bonchev–Trinajstić information content (AvgIpc) is 2.91. The van der Waals surface area contributed by atoms with Crippen LogP contribution < -0.4 is 21.1 Å². The summed E-state index contributed by atoms with van der Waals surface area (Å²) in [5.41, 5.74) is 5.62. The lowest BCUT2D eigenvalue weighted by atomic mass is 10.0. The number of hydrogen-bond donors (Lipinski definition) is 5. The maximum atomic E-state index is 12.2. The van der Waals surface area contributed by atoms with Crippen LogP contribution in [0.1, 0.15) is 101 Å². The highest BCUT2D eigenvalue weighted by Gasteiger charge is 2.19. The second kappa shape index (κ2) is 20.3. The van der Waals surface area contributed by atoms with E-state index < -0.39 is 29.8 Å². The third-order valence-electron chi connectivity index (χ3n) is 6.56. The van der Waals surface area contributed by atoms with E-state index in [-0.39, 0.29) is 30.2 Å². The fraction of sp³-hybridized carbons (Fsp3) is 0.621. The molecule has 0 saturated heterocycles. The van der Waals surface area contributed by atoms with Crippen LogP contribution in [-0.4, -0.2) is 59.1 Å². The van der Waals surface area contributed by atoms with Crippen molar-refractivity contribution < 1.29 is 38.9 Å². The zero-order chi connectivity index (χ0) is 29.8. The van der Waals surface area contributed by atoms with E-state index in [1.807, 2.05) is 0 Å². The minimum Gasteiger partial charge on any atom is -0.494 e. The van der Waals surface area contributed by atoms with Crippen LogP contribution >= 0.6 is 0 Å². The summed E-state index contributed by atoms with van der Waals surface area (Å²) in [4.78, 5) is 57.6. The Morgan fingerprint density at radius 1 is 0.800 bits per heavy atom. The first-order valence-electron chi connectivity index (χ1n) is 14.1.